The molecule has 5 rings (SSSR count). The number of amidine groups is 1. The van der Waals surface area contributed by atoms with Gasteiger partial charge >= 0.3 is 0 Å². The Labute approximate surface area is 174 Å². The van der Waals surface area contributed by atoms with Gasteiger partial charge in [-0.3, -0.25) is 5.41 Å². The molecule has 0 bridgehead atoms. The molecule has 3 atom stereocenters. The van der Waals surface area contributed by atoms with E-state index in [9.17, 15) is 5.11 Å². The van der Waals surface area contributed by atoms with Gasteiger partial charge in [0.15, 0.2) is 0 Å². The minimum atomic E-state index is 0.0390. The smallest absolute Gasteiger partial charge is 0.122 e. The van der Waals surface area contributed by atoms with E-state index in [1.165, 1.54) is 16.7 Å². The third kappa shape index (κ3) is 2.95. The minimum Gasteiger partial charge on any atom is -0.508 e. The Kier molecular flexibility index (Phi) is 4.25. The van der Waals surface area contributed by atoms with Crippen molar-refractivity contribution in [3.8, 4) is 5.75 Å². The van der Waals surface area contributed by atoms with Gasteiger partial charge in [0.1, 0.15) is 11.6 Å². The van der Waals surface area contributed by atoms with Crippen LogP contribution in [0.3, 0.4) is 0 Å². The number of aromatic hydroxyl groups is 1. The Balaban J connectivity index is 1.71. The number of hydrogen-bond donors (Lipinski definition) is 4. The van der Waals surface area contributed by atoms with E-state index >= 15 is 0 Å². The second-order valence-electron chi connectivity index (χ2n) is 7.92. The van der Waals surface area contributed by atoms with Gasteiger partial charge in [0.05, 0.1) is 6.04 Å². The highest BCUT2D eigenvalue weighted by molar-refractivity contribution is 6.31. The fourth-order valence-corrected chi connectivity index (χ4v) is 5.30. The summed E-state index contributed by atoms with van der Waals surface area (Å²) in [7, 11) is 0. The van der Waals surface area contributed by atoms with Crippen LogP contribution in [0.1, 0.15) is 46.2 Å². The summed E-state index contributed by atoms with van der Waals surface area (Å²) in [5.41, 5.74) is 12.5. The highest BCUT2D eigenvalue weighted by atomic mass is 35.5. The molecule has 0 fully saturated rings. The molecule has 2 aliphatic rings. The van der Waals surface area contributed by atoms with Crippen LogP contribution in [0.25, 0.3) is 0 Å². The molecule has 0 unspecified atom stereocenters. The predicted octanol–water partition coefficient (Wildman–Crippen LogP) is 5.19. The van der Waals surface area contributed by atoms with Crippen molar-refractivity contribution in [2.75, 3.05) is 5.32 Å². The van der Waals surface area contributed by atoms with E-state index in [0.717, 1.165) is 29.7 Å². The molecule has 0 saturated heterocycles. The van der Waals surface area contributed by atoms with E-state index in [2.05, 4.69) is 35.6 Å². The first-order valence-corrected chi connectivity index (χ1v) is 10.2. The Hall–Kier alpha value is -2.98. The van der Waals surface area contributed by atoms with Gasteiger partial charge in [0, 0.05) is 22.2 Å². The summed E-state index contributed by atoms with van der Waals surface area (Å²) < 4.78 is 0. The van der Waals surface area contributed by atoms with Crippen molar-refractivity contribution in [3.63, 3.8) is 0 Å². The normalized spacial score (nSPS) is 22.0. The van der Waals surface area contributed by atoms with Crippen molar-refractivity contribution in [1.29, 1.82) is 5.41 Å². The van der Waals surface area contributed by atoms with Crippen molar-refractivity contribution >= 4 is 23.1 Å². The lowest BCUT2D eigenvalue weighted by Gasteiger charge is -2.45. The predicted molar refractivity (Wildman–Crippen MR) is 117 cm³/mol. The number of anilines is 1. The van der Waals surface area contributed by atoms with Crippen molar-refractivity contribution < 1.29 is 5.11 Å². The van der Waals surface area contributed by atoms with Gasteiger partial charge in [-0.25, -0.2) is 0 Å². The van der Waals surface area contributed by atoms with E-state index in [1.807, 2.05) is 18.2 Å². The largest absolute Gasteiger partial charge is 0.508 e. The van der Waals surface area contributed by atoms with Crippen LogP contribution < -0.4 is 11.1 Å². The molecule has 4 nitrogen and oxygen atoms in total. The fraction of sp³-hybridized carbons (Fsp3) is 0.208. The molecule has 1 heterocycles. The summed E-state index contributed by atoms with van der Waals surface area (Å²) in [6.07, 6.45) is 2.05. The summed E-state index contributed by atoms with van der Waals surface area (Å²) in [6.45, 7) is 0. The first kappa shape index (κ1) is 18.1. The number of aryl methyl sites for hydroxylation is 1. The van der Waals surface area contributed by atoms with Crippen LogP contribution in [-0.2, 0) is 6.42 Å². The Morgan fingerprint density at radius 3 is 2.66 bits per heavy atom. The van der Waals surface area contributed by atoms with E-state index in [0.29, 0.717) is 10.9 Å². The highest BCUT2D eigenvalue weighted by Crippen LogP contribution is 2.53. The van der Waals surface area contributed by atoms with Gasteiger partial charge in [-0.15, -0.1) is 0 Å². The van der Waals surface area contributed by atoms with Crippen molar-refractivity contribution in [3.05, 3.63) is 93.5 Å². The molecule has 3 aromatic carbocycles. The zero-order chi connectivity index (χ0) is 20.1. The second kappa shape index (κ2) is 6.82. The van der Waals surface area contributed by atoms with Gasteiger partial charge in [-0.2, -0.15) is 0 Å². The van der Waals surface area contributed by atoms with Crippen molar-refractivity contribution in [2.45, 2.75) is 24.8 Å². The molecule has 146 valence electrons. The molecule has 29 heavy (non-hydrogen) atoms. The van der Waals surface area contributed by atoms with Gasteiger partial charge in [0.25, 0.3) is 0 Å². The average Bonchev–Trinajstić information content (AvgIpc) is 2.72. The monoisotopic (exact) mass is 403 g/mol. The molecular weight excluding hydrogens is 382 g/mol. The van der Waals surface area contributed by atoms with Gasteiger partial charge in [-0.05, 0) is 71.3 Å². The summed E-state index contributed by atoms with van der Waals surface area (Å²) >= 11 is 6.54. The molecule has 0 spiro atoms. The lowest BCUT2D eigenvalue weighted by Crippen LogP contribution is -2.35. The number of nitrogen functional groups attached to an aromatic ring is 1. The number of nitrogens with one attached hydrogen (secondary N) is 2. The van der Waals surface area contributed by atoms with Crippen LogP contribution in [-0.4, -0.2) is 10.9 Å². The maximum Gasteiger partial charge on any atom is 0.122 e. The van der Waals surface area contributed by atoms with Crippen LogP contribution in [0.2, 0.25) is 5.02 Å². The number of nitrogens with two attached hydrogens (primary N) is 1. The SMILES string of the molecule is N=C(N)c1ccc2c(c1)[C@@H]1c3ccccc3CC[C@@H]1[C@H](c1ccc(O)cc1Cl)N2. The minimum absolute atomic E-state index is 0.0390. The maximum absolute atomic E-state index is 9.80. The topological polar surface area (TPSA) is 82.1 Å². The van der Waals surface area contributed by atoms with E-state index < -0.39 is 0 Å². The average molecular weight is 404 g/mol. The third-order valence-corrected chi connectivity index (χ3v) is 6.65. The standard InChI is InChI=1S/C24H22ClN3O/c25-20-12-15(29)7-9-17(20)23-18-8-5-13-3-1-2-4-16(13)22(18)19-11-14(24(26)27)6-10-21(19)28-23/h1-4,6-7,9-12,18,22-23,28-29H,5,8H2,(H3,26,27)/t18-,22+,23-/m0/s1. The van der Waals surface area contributed by atoms with Crippen LogP contribution >= 0.6 is 11.6 Å². The summed E-state index contributed by atoms with van der Waals surface area (Å²) in [5, 5.41) is 21.9. The van der Waals surface area contributed by atoms with Crippen molar-refractivity contribution in [2.24, 2.45) is 11.7 Å². The lowest BCUT2D eigenvalue weighted by molar-refractivity contribution is 0.348. The number of halogens is 1. The molecule has 1 aliphatic heterocycles. The number of phenols is 1. The van der Waals surface area contributed by atoms with Gasteiger partial charge < -0.3 is 16.2 Å². The first-order chi connectivity index (χ1) is 14.0. The molecular formula is C24H22ClN3O. The van der Waals surface area contributed by atoms with Crippen LogP contribution in [0.15, 0.2) is 60.7 Å². The molecule has 0 amide bonds. The van der Waals surface area contributed by atoms with Gasteiger partial charge in [0.2, 0.25) is 0 Å². The van der Waals surface area contributed by atoms with Crippen LogP contribution in [0, 0.1) is 11.3 Å². The highest BCUT2D eigenvalue weighted by Gasteiger charge is 2.41. The van der Waals surface area contributed by atoms with Crippen molar-refractivity contribution in [1.82, 2.24) is 0 Å². The quantitative estimate of drug-likeness (QED) is 0.351. The second-order valence-corrected chi connectivity index (χ2v) is 8.33. The van der Waals surface area contributed by atoms with E-state index in [-0.39, 0.29) is 23.5 Å². The zero-order valence-corrected chi connectivity index (χ0v) is 16.6. The molecule has 5 N–H and O–H groups in total. The molecule has 0 radical (unpaired) electrons. The number of phenolic OH excluding ortho intramolecular Hbond substituents is 1. The number of hydrogen-bond acceptors (Lipinski definition) is 3. The molecule has 1 aliphatic carbocycles. The Morgan fingerprint density at radius 1 is 1.03 bits per heavy atom. The fourth-order valence-electron chi connectivity index (χ4n) is 5.01. The number of benzene rings is 3. The molecule has 0 aromatic heterocycles. The lowest BCUT2D eigenvalue weighted by atomic mass is 9.65. The summed E-state index contributed by atoms with van der Waals surface area (Å²) in [6, 6.07) is 19.9. The molecule has 3 aromatic rings. The Morgan fingerprint density at radius 2 is 1.86 bits per heavy atom. The number of rotatable bonds is 2. The molecule has 5 heteroatoms. The first-order valence-electron chi connectivity index (χ1n) is 9.84. The molecule has 0 saturated carbocycles. The van der Waals surface area contributed by atoms with E-state index in [1.54, 1.807) is 12.1 Å². The van der Waals surface area contributed by atoms with Gasteiger partial charge in [-0.1, -0.05) is 41.9 Å². The van der Waals surface area contributed by atoms with Crippen LogP contribution in [0.4, 0.5) is 5.69 Å². The number of fused-ring (bicyclic) bond motifs is 5. The van der Waals surface area contributed by atoms with Crippen LogP contribution in [0.5, 0.6) is 5.75 Å². The summed E-state index contributed by atoms with van der Waals surface area (Å²) in [5.74, 6) is 0.760. The maximum atomic E-state index is 9.80. The van der Waals surface area contributed by atoms with E-state index in [4.69, 9.17) is 22.7 Å². The third-order valence-electron chi connectivity index (χ3n) is 6.32. The summed E-state index contributed by atoms with van der Waals surface area (Å²) in [4.78, 5) is 0. The zero-order valence-electron chi connectivity index (χ0n) is 15.8. The Bertz CT molecular complexity index is 1130.